The third kappa shape index (κ3) is 3.91. The number of nitrogens with zero attached hydrogens (tertiary/aromatic N) is 1. The molecule has 0 aromatic heterocycles. The van der Waals surface area contributed by atoms with Crippen molar-refractivity contribution in [2.24, 2.45) is 0 Å². The van der Waals surface area contributed by atoms with Crippen LogP contribution in [-0.4, -0.2) is 39.2 Å². The zero-order valence-corrected chi connectivity index (χ0v) is 15.1. The van der Waals surface area contributed by atoms with Gasteiger partial charge in [-0.05, 0) is 43.2 Å². The number of morpholine rings is 1. The van der Waals surface area contributed by atoms with E-state index in [0.717, 1.165) is 54.2 Å². The van der Waals surface area contributed by atoms with Crippen LogP contribution in [-0.2, 0) is 9.47 Å². The van der Waals surface area contributed by atoms with Gasteiger partial charge < -0.3 is 14.4 Å². The molecule has 1 saturated heterocycles. The number of hydrogen-bond donors (Lipinski definition) is 0. The van der Waals surface area contributed by atoms with Gasteiger partial charge in [-0.2, -0.15) is 0 Å². The van der Waals surface area contributed by atoms with E-state index in [1.807, 2.05) is 19.1 Å². The van der Waals surface area contributed by atoms with E-state index in [1.165, 1.54) is 0 Å². The van der Waals surface area contributed by atoms with Gasteiger partial charge >= 0.3 is 0 Å². The third-order valence-corrected chi connectivity index (χ3v) is 4.80. The number of Topliss-reactive ketones (excluding diaryl/α,β-unsaturated/α-hetero) is 1. The molecule has 132 valence electrons. The number of ether oxygens (including phenoxy) is 2. The summed E-state index contributed by atoms with van der Waals surface area (Å²) < 4.78 is 10.9. The van der Waals surface area contributed by atoms with Gasteiger partial charge in [0.2, 0.25) is 0 Å². The SMILES string of the molecule is COC(C)c1ccc(-c2cc(C(C)=O)ccc2N2CCOCC2)cc1. The molecule has 1 atom stereocenters. The number of carbonyl (C=O) groups is 1. The van der Waals surface area contributed by atoms with E-state index >= 15 is 0 Å². The van der Waals surface area contributed by atoms with Crippen molar-refractivity contribution in [1.29, 1.82) is 0 Å². The Morgan fingerprint density at radius 2 is 1.80 bits per heavy atom. The highest BCUT2D eigenvalue weighted by Crippen LogP contribution is 2.33. The molecule has 4 nitrogen and oxygen atoms in total. The number of methoxy groups -OCH3 is 1. The molecule has 25 heavy (non-hydrogen) atoms. The maximum Gasteiger partial charge on any atom is 0.159 e. The first-order chi connectivity index (χ1) is 12.1. The Kier molecular flexibility index (Phi) is 5.51. The Hall–Kier alpha value is -2.17. The van der Waals surface area contributed by atoms with Crippen molar-refractivity contribution >= 4 is 11.5 Å². The second kappa shape index (κ2) is 7.81. The lowest BCUT2D eigenvalue weighted by Gasteiger charge is -2.31. The molecule has 1 heterocycles. The monoisotopic (exact) mass is 339 g/mol. The lowest BCUT2D eigenvalue weighted by Crippen LogP contribution is -2.36. The average molecular weight is 339 g/mol. The molecule has 1 fully saturated rings. The largest absolute Gasteiger partial charge is 0.378 e. The molecular formula is C21H25NO3. The van der Waals surface area contributed by atoms with Gasteiger partial charge in [-0.3, -0.25) is 4.79 Å². The molecule has 4 heteroatoms. The number of hydrogen-bond acceptors (Lipinski definition) is 4. The van der Waals surface area contributed by atoms with Crippen LogP contribution in [0.1, 0.15) is 35.9 Å². The minimum absolute atomic E-state index is 0.0660. The summed E-state index contributed by atoms with van der Waals surface area (Å²) in [6.07, 6.45) is 0.0660. The molecule has 0 spiro atoms. The second-order valence-electron chi connectivity index (χ2n) is 6.39. The summed E-state index contributed by atoms with van der Waals surface area (Å²) in [5.74, 6) is 0.0828. The predicted octanol–water partition coefficient (Wildman–Crippen LogP) is 4.10. The standard InChI is InChI=1S/C21H25NO3/c1-15(23)19-8-9-21(22-10-12-25-13-11-22)20(14-19)18-6-4-17(5-7-18)16(2)24-3/h4-9,14,16H,10-13H2,1-3H3. The van der Waals surface area contributed by atoms with Gasteiger partial charge in [0, 0.05) is 37.0 Å². The highest BCUT2D eigenvalue weighted by Gasteiger charge is 2.17. The van der Waals surface area contributed by atoms with E-state index in [2.05, 4.69) is 35.2 Å². The van der Waals surface area contributed by atoms with Gasteiger partial charge in [0.05, 0.1) is 19.3 Å². The molecule has 0 bridgehead atoms. The molecule has 1 aliphatic heterocycles. The van der Waals surface area contributed by atoms with Crippen molar-refractivity contribution < 1.29 is 14.3 Å². The number of carbonyl (C=O) groups excluding carboxylic acids is 1. The summed E-state index contributed by atoms with van der Waals surface area (Å²) >= 11 is 0. The number of rotatable bonds is 5. The zero-order chi connectivity index (χ0) is 17.8. The predicted molar refractivity (Wildman–Crippen MR) is 100 cm³/mol. The van der Waals surface area contributed by atoms with Crippen molar-refractivity contribution in [1.82, 2.24) is 0 Å². The van der Waals surface area contributed by atoms with Crippen LogP contribution >= 0.6 is 0 Å². The van der Waals surface area contributed by atoms with Crippen LogP contribution < -0.4 is 4.90 Å². The van der Waals surface area contributed by atoms with Gasteiger partial charge in [0.25, 0.3) is 0 Å². The number of anilines is 1. The van der Waals surface area contributed by atoms with E-state index in [9.17, 15) is 4.79 Å². The van der Waals surface area contributed by atoms with E-state index < -0.39 is 0 Å². The lowest BCUT2D eigenvalue weighted by atomic mass is 9.97. The van der Waals surface area contributed by atoms with Crippen LogP contribution in [0.15, 0.2) is 42.5 Å². The molecule has 2 aromatic rings. The highest BCUT2D eigenvalue weighted by molar-refractivity contribution is 5.97. The Labute approximate surface area is 149 Å². The Morgan fingerprint density at radius 3 is 2.40 bits per heavy atom. The zero-order valence-electron chi connectivity index (χ0n) is 15.1. The van der Waals surface area contributed by atoms with Crippen LogP contribution in [0.4, 0.5) is 5.69 Å². The van der Waals surface area contributed by atoms with Crippen molar-refractivity contribution in [2.75, 3.05) is 38.3 Å². The fourth-order valence-electron chi connectivity index (χ4n) is 3.14. The molecule has 0 aliphatic carbocycles. The van der Waals surface area contributed by atoms with Gasteiger partial charge in [-0.1, -0.05) is 24.3 Å². The van der Waals surface area contributed by atoms with Crippen molar-refractivity contribution in [3.05, 3.63) is 53.6 Å². The molecule has 1 aliphatic rings. The molecule has 0 saturated carbocycles. The summed E-state index contributed by atoms with van der Waals surface area (Å²) in [5.41, 5.74) is 5.23. The van der Waals surface area contributed by atoms with Crippen LogP contribution in [0.3, 0.4) is 0 Å². The van der Waals surface area contributed by atoms with E-state index in [1.54, 1.807) is 14.0 Å². The van der Waals surface area contributed by atoms with Crippen molar-refractivity contribution in [2.45, 2.75) is 20.0 Å². The first kappa shape index (κ1) is 17.6. The fraction of sp³-hybridized carbons (Fsp3) is 0.381. The summed E-state index contributed by atoms with van der Waals surface area (Å²) in [6.45, 7) is 6.84. The van der Waals surface area contributed by atoms with E-state index in [-0.39, 0.29) is 11.9 Å². The summed E-state index contributed by atoms with van der Waals surface area (Å²) in [5, 5.41) is 0. The first-order valence-corrected chi connectivity index (χ1v) is 8.71. The third-order valence-electron chi connectivity index (χ3n) is 4.80. The number of benzene rings is 2. The second-order valence-corrected chi connectivity index (χ2v) is 6.39. The van der Waals surface area contributed by atoms with E-state index in [0.29, 0.717) is 0 Å². The minimum Gasteiger partial charge on any atom is -0.378 e. The quantitative estimate of drug-likeness (QED) is 0.769. The van der Waals surface area contributed by atoms with Crippen LogP contribution in [0.25, 0.3) is 11.1 Å². The molecular weight excluding hydrogens is 314 g/mol. The number of ketones is 1. The van der Waals surface area contributed by atoms with Crippen LogP contribution in [0.2, 0.25) is 0 Å². The molecule has 3 rings (SSSR count). The van der Waals surface area contributed by atoms with E-state index in [4.69, 9.17) is 9.47 Å². The van der Waals surface area contributed by atoms with Gasteiger partial charge in [0.15, 0.2) is 5.78 Å². The van der Waals surface area contributed by atoms with Gasteiger partial charge in [-0.15, -0.1) is 0 Å². The normalized spacial score (nSPS) is 15.9. The van der Waals surface area contributed by atoms with Gasteiger partial charge in [0.1, 0.15) is 0 Å². The Morgan fingerprint density at radius 1 is 1.12 bits per heavy atom. The topological polar surface area (TPSA) is 38.8 Å². The molecule has 0 amide bonds. The molecule has 2 aromatic carbocycles. The van der Waals surface area contributed by atoms with Crippen LogP contribution in [0.5, 0.6) is 0 Å². The van der Waals surface area contributed by atoms with Crippen LogP contribution in [0, 0.1) is 0 Å². The fourth-order valence-corrected chi connectivity index (χ4v) is 3.14. The van der Waals surface area contributed by atoms with Gasteiger partial charge in [-0.25, -0.2) is 0 Å². The highest BCUT2D eigenvalue weighted by atomic mass is 16.5. The van der Waals surface area contributed by atoms with Crippen molar-refractivity contribution in [3.63, 3.8) is 0 Å². The molecule has 0 N–H and O–H groups in total. The maximum atomic E-state index is 11.8. The lowest BCUT2D eigenvalue weighted by molar-refractivity contribution is 0.101. The Bertz CT molecular complexity index is 733. The summed E-state index contributed by atoms with van der Waals surface area (Å²) in [6, 6.07) is 14.4. The summed E-state index contributed by atoms with van der Waals surface area (Å²) in [7, 11) is 1.71. The minimum atomic E-state index is 0.0660. The summed E-state index contributed by atoms with van der Waals surface area (Å²) in [4.78, 5) is 14.2. The first-order valence-electron chi connectivity index (χ1n) is 8.71. The van der Waals surface area contributed by atoms with Crippen molar-refractivity contribution in [3.8, 4) is 11.1 Å². The Balaban J connectivity index is 2.02. The molecule has 1 unspecified atom stereocenters. The molecule has 0 radical (unpaired) electrons. The maximum absolute atomic E-state index is 11.8. The average Bonchev–Trinajstić information content (AvgIpc) is 2.67. The smallest absolute Gasteiger partial charge is 0.159 e.